The van der Waals surface area contributed by atoms with Gasteiger partial charge in [0.2, 0.25) is 0 Å². The number of rotatable bonds is 3. The van der Waals surface area contributed by atoms with Crippen LogP contribution in [-0.4, -0.2) is 22.1 Å². The van der Waals surface area contributed by atoms with Gasteiger partial charge in [-0.3, -0.25) is 4.98 Å². The minimum absolute atomic E-state index is 0.209. The zero-order valence-electron chi connectivity index (χ0n) is 11.5. The molecule has 3 rings (SSSR count). The Hall–Kier alpha value is -2.01. The number of ether oxygens (including phenoxy) is 1. The number of nitrogens with two attached hydrogens (primary N) is 1. The predicted molar refractivity (Wildman–Crippen MR) is 76.2 cm³/mol. The minimum Gasteiger partial charge on any atom is -0.384 e. The van der Waals surface area contributed by atoms with E-state index in [9.17, 15) is 0 Å². The molecule has 5 nitrogen and oxygen atoms in total. The number of anilines is 1. The highest BCUT2D eigenvalue weighted by Crippen LogP contribution is 2.34. The van der Waals surface area contributed by atoms with Gasteiger partial charge in [0, 0.05) is 25.3 Å². The van der Waals surface area contributed by atoms with Gasteiger partial charge in [-0.1, -0.05) is 6.07 Å². The Kier molecular flexibility index (Phi) is 3.60. The van der Waals surface area contributed by atoms with Gasteiger partial charge in [-0.05, 0) is 30.9 Å². The van der Waals surface area contributed by atoms with Crippen molar-refractivity contribution in [1.29, 1.82) is 0 Å². The second kappa shape index (κ2) is 5.54. The molecule has 0 saturated heterocycles. The third-order valence-electron chi connectivity index (χ3n) is 3.64. The Labute approximate surface area is 118 Å². The number of hydrogen-bond acceptors (Lipinski definition) is 5. The second-order valence-corrected chi connectivity index (χ2v) is 5.06. The molecule has 5 heteroatoms. The number of fused-ring (bicyclic) bond motifs is 1. The van der Waals surface area contributed by atoms with Crippen molar-refractivity contribution in [3.63, 3.8) is 0 Å². The molecule has 0 fully saturated rings. The Balaban J connectivity index is 2.01. The van der Waals surface area contributed by atoms with Gasteiger partial charge in [0.1, 0.15) is 12.4 Å². The lowest BCUT2D eigenvalue weighted by Crippen LogP contribution is -2.16. The summed E-state index contributed by atoms with van der Waals surface area (Å²) < 4.78 is 5.10. The van der Waals surface area contributed by atoms with E-state index in [-0.39, 0.29) is 5.92 Å². The number of hydrogen-bond donors (Lipinski definition) is 1. The number of nitrogen functional groups attached to an aromatic ring is 1. The fourth-order valence-electron chi connectivity index (χ4n) is 2.81. The fourth-order valence-corrected chi connectivity index (χ4v) is 2.81. The molecule has 1 atom stereocenters. The predicted octanol–water partition coefficient (Wildman–Crippen LogP) is 2.07. The summed E-state index contributed by atoms with van der Waals surface area (Å²) in [5.74, 6) is 1.33. The average Bonchev–Trinajstić information content (AvgIpc) is 2.46. The Bertz CT molecular complexity index is 615. The van der Waals surface area contributed by atoms with Gasteiger partial charge in [-0.25, -0.2) is 9.97 Å². The van der Waals surface area contributed by atoms with Gasteiger partial charge in [0.15, 0.2) is 5.82 Å². The number of aryl methyl sites for hydroxylation is 1. The first-order valence-corrected chi connectivity index (χ1v) is 6.84. The Morgan fingerprint density at radius 3 is 3.15 bits per heavy atom. The van der Waals surface area contributed by atoms with Crippen molar-refractivity contribution in [3.8, 4) is 0 Å². The zero-order valence-corrected chi connectivity index (χ0v) is 11.5. The monoisotopic (exact) mass is 270 g/mol. The van der Waals surface area contributed by atoms with E-state index >= 15 is 0 Å². The average molecular weight is 270 g/mol. The molecular weight excluding hydrogens is 252 g/mol. The van der Waals surface area contributed by atoms with Gasteiger partial charge in [0.05, 0.1) is 11.4 Å². The van der Waals surface area contributed by atoms with Crippen molar-refractivity contribution in [3.05, 3.63) is 47.2 Å². The van der Waals surface area contributed by atoms with E-state index in [4.69, 9.17) is 10.5 Å². The fraction of sp³-hybridized carbons (Fsp3) is 0.400. The summed E-state index contributed by atoms with van der Waals surface area (Å²) in [5.41, 5.74) is 9.28. The third-order valence-corrected chi connectivity index (χ3v) is 3.64. The molecule has 2 aromatic heterocycles. The van der Waals surface area contributed by atoms with Crippen LogP contribution in [-0.2, 0) is 17.8 Å². The lowest BCUT2D eigenvalue weighted by Gasteiger charge is -2.24. The lowest BCUT2D eigenvalue weighted by molar-refractivity contribution is 0.177. The number of pyridine rings is 1. The van der Waals surface area contributed by atoms with Crippen LogP contribution in [0.15, 0.2) is 24.4 Å². The topological polar surface area (TPSA) is 73.9 Å². The largest absolute Gasteiger partial charge is 0.384 e. The summed E-state index contributed by atoms with van der Waals surface area (Å²) in [6.07, 6.45) is 5.13. The first-order valence-electron chi connectivity index (χ1n) is 6.84. The molecule has 1 aliphatic carbocycles. The summed E-state index contributed by atoms with van der Waals surface area (Å²) in [7, 11) is 1.63. The van der Waals surface area contributed by atoms with Crippen molar-refractivity contribution in [2.75, 3.05) is 12.8 Å². The second-order valence-electron chi connectivity index (χ2n) is 5.06. The first-order chi connectivity index (χ1) is 9.78. The smallest absolute Gasteiger partial charge is 0.156 e. The van der Waals surface area contributed by atoms with Crippen molar-refractivity contribution < 1.29 is 4.74 Å². The molecule has 20 heavy (non-hydrogen) atoms. The normalized spacial score (nSPS) is 17.8. The van der Waals surface area contributed by atoms with Crippen LogP contribution in [0.2, 0.25) is 0 Å². The van der Waals surface area contributed by atoms with Gasteiger partial charge in [-0.2, -0.15) is 0 Å². The molecule has 0 aromatic carbocycles. The molecule has 0 spiro atoms. The SMILES string of the molecule is COCc1nc(N)cc(C2CCCc3cccnc32)n1. The maximum atomic E-state index is 5.89. The van der Waals surface area contributed by atoms with E-state index in [1.807, 2.05) is 18.3 Å². The lowest BCUT2D eigenvalue weighted by atomic mass is 9.84. The van der Waals surface area contributed by atoms with Crippen LogP contribution < -0.4 is 5.73 Å². The van der Waals surface area contributed by atoms with Crippen LogP contribution in [0.1, 0.15) is 41.5 Å². The third kappa shape index (κ3) is 2.49. The number of aromatic nitrogens is 3. The highest BCUT2D eigenvalue weighted by Gasteiger charge is 2.24. The summed E-state index contributed by atoms with van der Waals surface area (Å²) in [5, 5.41) is 0. The van der Waals surface area contributed by atoms with E-state index in [0.29, 0.717) is 18.2 Å². The maximum Gasteiger partial charge on any atom is 0.156 e. The van der Waals surface area contributed by atoms with Crippen molar-refractivity contribution in [1.82, 2.24) is 15.0 Å². The molecule has 104 valence electrons. The Morgan fingerprint density at radius 1 is 1.40 bits per heavy atom. The molecule has 2 aromatic rings. The number of nitrogens with zero attached hydrogens (tertiary/aromatic N) is 3. The summed E-state index contributed by atoms with van der Waals surface area (Å²) in [4.78, 5) is 13.3. The molecule has 0 amide bonds. The standard InChI is InChI=1S/C15H18N4O/c1-20-9-14-18-12(8-13(16)19-14)11-6-2-4-10-5-3-7-17-15(10)11/h3,5,7-8,11H,2,4,6,9H2,1H3,(H2,16,18,19). The van der Waals surface area contributed by atoms with Crippen molar-refractivity contribution in [2.45, 2.75) is 31.8 Å². The van der Waals surface area contributed by atoms with E-state index in [2.05, 4.69) is 21.0 Å². The van der Waals surface area contributed by atoms with Crippen molar-refractivity contribution >= 4 is 5.82 Å². The quantitative estimate of drug-likeness (QED) is 0.924. The molecule has 0 bridgehead atoms. The van der Waals surface area contributed by atoms with Gasteiger partial charge in [-0.15, -0.1) is 0 Å². The minimum atomic E-state index is 0.209. The first kappa shape index (κ1) is 13.0. The Morgan fingerprint density at radius 2 is 2.30 bits per heavy atom. The summed E-state index contributed by atoms with van der Waals surface area (Å²) in [6, 6.07) is 5.99. The van der Waals surface area contributed by atoms with Crippen LogP contribution >= 0.6 is 0 Å². The van der Waals surface area contributed by atoms with Crippen LogP contribution in [0.4, 0.5) is 5.82 Å². The van der Waals surface area contributed by atoms with E-state index in [1.54, 1.807) is 7.11 Å². The molecule has 2 heterocycles. The molecule has 1 aliphatic rings. The molecular formula is C15H18N4O. The summed E-state index contributed by atoms with van der Waals surface area (Å²) in [6.45, 7) is 0.375. The molecule has 0 saturated carbocycles. The van der Waals surface area contributed by atoms with E-state index in [1.165, 1.54) is 5.56 Å². The highest BCUT2D eigenvalue weighted by atomic mass is 16.5. The van der Waals surface area contributed by atoms with E-state index < -0.39 is 0 Å². The van der Waals surface area contributed by atoms with Crippen LogP contribution in [0.5, 0.6) is 0 Å². The van der Waals surface area contributed by atoms with Crippen LogP contribution in [0.3, 0.4) is 0 Å². The van der Waals surface area contributed by atoms with Crippen LogP contribution in [0, 0.1) is 0 Å². The zero-order chi connectivity index (χ0) is 13.9. The molecule has 0 radical (unpaired) electrons. The summed E-state index contributed by atoms with van der Waals surface area (Å²) >= 11 is 0. The molecule has 1 unspecified atom stereocenters. The highest BCUT2D eigenvalue weighted by molar-refractivity contribution is 5.37. The van der Waals surface area contributed by atoms with E-state index in [0.717, 1.165) is 30.7 Å². The van der Waals surface area contributed by atoms with Gasteiger partial charge < -0.3 is 10.5 Å². The molecule has 0 aliphatic heterocycles. The van der Waals surface area contributed by atoms with Gasteiger partial charge in [0.25, 0.3) is 0 Å². The van der Waals surface area contributed by atoms with Crippen LogP contribution in [0.25, 0.3) is 0 Å². The number of methoxy groups -OCH3 is 1. The molecule has 2 N–H and O–H groups in total. The maximum absolute atomic E-state index is 5.89. The van der Waals surface area contributed by atoms with Gasteiger partial charge >= 0.3 is 0 Å². The van der Waals surface area contributed by atoms with Crippen molar-refractivity contribution in [2.24, 2.45) is 0 Å².